The first-order valence-electron chi connectivity index (χ1n) is 8.55. The van der Waals surface area contributed by atoms with Gasteiger partial charge in [-0.05, 0) is 30.3 Å². The minimum absolute atomic E-state index is 0.0727. The smallest absolute Gasteiger partial charge is 0.255 e. The van der Waals surface area contributed by atoms with Gasteiger partial charge in [-0.2, -0.15) is 0 Å². The van der Waals surface area contributed by atoms with Gasteiger partial charge in [0.15, 0.2) is 5.76 Å². The number of amides is 1. The fraction of sp³-hybridized carbons (Fsp3) is 0.263. The van der Waals surface area contributed by atoms with Crippen molar-refractivity contribution in [3.05, 3.63) is 62.6 Å². The summed E-state index contributed by atoms with van der Waals surface area (Å²) in [4.78, 5) is 21.5. The van der Waals surface area contributed by atoms with Crippen LogP contribution in [0.2, 0.25) is 10.0 Å². The summed E-state index contributed by atoms with van der Waals surface area (Å²) in [7, 11) is 0. The summed E-state index contributed by atoms with van der Waals surface area (Å²) in [6.45, 7) is 3.65. The van der Waals surface area contributed by atoms with Crippen LogP contribution < -0.4 is 0 Å². The number of rotatable bonds is 4. The Labute approximate surface area is 171 Å². The number of aromatic nitrogens is 1. The van der Waals surface area contributed by atoms with Gasteiger partial charge >= 0.3 is 0 Å². The van der Waals surface area contributed by atoms with Crippen molar-refractivity contribution in [1.29, 1.82) is 0 Å². The zero-order chi connectivity index (χ0) is 18.8. The monoisotopic (exact) mass is 421 g/mol. The number of thiazole rings is 1. The predicted molar refractivity (Wildman–Crippen MR) is 107 cm³/mol. The van der Waals surface area contributed by atoms with E-state index in [2.05, 4.69) is 9.88 Å². The SMILES string of the molecule is O=C(c1cc(Cl)ccc1Cl)N1CCN(Cc2nc(-c3ccco3)cs2)CC1. The van der Waals surface area contributed by atoms with E-state index in [1.54, 1.807) is 35.8 Å². The average Bonchev–Trinajstić information content (AvgIpc) is 3.35. The molecule has 0 aliphatic carbocycles. The Bertz CT molecular complexity index is 934. The molecule has 3 heterocycles. The van der Waals surface area contributed by atoms with E-state index < -0.39 is 0 Å². The fourth-order valence-electron chi connectivity index (χ4n) is 3.05. The van der Waals surface area contributed by atoms with E-state index in [1.807, 2.05) is 22.4 Å². The second kappa shape index (κ2) is 8.02. The Morgan fingerprint density at radius 3 is 2.74 bits per heavy atom. The molecule has 0 atom stereocenters. The molecule has 5 nitrogen and oxygen atoms in total. The summed E-state index contributed by atoms with van der Waals surface area (Å²) >= 11 is 13.8. The van der Waals surface area contributed by atoms with Gasteiger partial charge in [0.2, 0.25) is 0 Å². The maximum atomic E-state index is 12.7. The lowest BCUT2D eigenvalue weighted by molar-refractivity contribution is 0.0628. The minimum atomic E-state index is -0.0727. The van der Waals surface area contributed by atoms with Crippen molar-refractivity contribution < 1.29 is 9.21 Å². The molecule has 4 rings (SSSR count). The second-order valence-corrected chi connectivity index (χ2v) is 8.08. The van der Waals surface area contributed by atoms with Crippen LogP contribution in [0.15, 0.2) is 46.4 Å². The van der Waals surface area contributed by atoms with Crippen molar-refractivity contribution in [2.24, 2.45) is 0 Å². The Morgan fingerprint density at radius 2 is 2.00 bits per heavy atom. The van der Waals surface area contributed by atoms with Crippen molar-refractivity contribution in [3.8, 4) is 11.5 Å². The first-order chi connectivity index (χ1) is 13.1. The molecule has 2 aromatic heterocycles. The molecule has 27 heavy (non-hydrogen) atoms. The molecule has 0 radical (unpaired) electrons. The Morgan fingerprint density at radius 1 is 1.19 bits per heavy atom. The van der Waals surface area contributed by atoms with Gasteiger partial charge in [0.05, 0.1) is 23.4 Å². The molecule has 1 fully saturated rings. The van der Waals surface area contributed by atoms with Crippen molar-refractivity contribution in [2.75, 3.05) is 26.2 Å². The molecule has 0 bridgehead atoms. The lowest BCUT2D eigenvalue weighted by Crippen LogP contribution is -2.48. The van der Waals surface area contributed by atoms with E-state index in [0.717, 1.165) is 36.1 Å². The number of carbonyl (C=O) groups excluding carboxylic acids is 1. The van der Waals surface area contributed by atoms with E-state index >= 15 is 0 Å². The van der Waals surface area contributed by atoms with Crippen molar-refractivity contribution >= 4 is 40.4 Å². The fourth-order valence-corrected chi connectivity index (χ4v) is 4.25. The third kappa shape index (κ3) is 4.19. The lowest BCUT2D eigenvalue weighted by atomic mass is 10.2. The van der Waals surface area contributed by atoms with Gasteiger partial charge < -0.3 is 9.32 Å². The summed E-state index contributed by atoms with van der Waals surface area (Å²) in [5.74, 6) is 0.711. The first-order valence-corrected chi connectivity index (χ1v) is 10.2. The molecule has 3 aromatic rings. The van der Waals surface area contributed by atoms with Crippen LogP contribution in [0.25, 0.3) is 11.5 Å². The number of halogens is 2. The first kappa shape index (κ1) is 18.5. The number of hydrogen-bond acceptors (Lipinski definition) is 5. The van der Waals surface area contributed by atoms with E-state index in [9.17, 15) is 4.79 Å². The molecule has 1 amide bonds. The molecule has 1 aliphatic rings. The number of carbonyl (C=O) groups is 1. The minimum Gasteiger partial charge on any atom is -0.463 e. The Kier molecular flexibility index (Phi) is 5.50. The molecule has 0 spiro atoms. The predicted octanol–water partition coefficient (Wildman–Crippen LogP) is 4.67. The topological polar surface area (TPSA) is 49.6 Å². The molecule has 1 aliphatic heterocycles. The number of benzene rings is 1. The van der Waals surface area contributed by atoms with Gasteiger partial charge in [-0.3, -0.25) is 9.69 Å². The molecule has 0 N–H and O–H groups in total. The normalized spacial score (nSPS) is 15.3. The van der Waals surface area contributed by atoms with Crippen LogP contribution >= 0.6 is 34.5 Å². The lowest BCUT2D eigenvalue weighted by Gasteiger charge is -2.34. The Hall–Kier alpha value is -1.86. The number of hydrogen-bond donors (Lipinski definition) is 0. The largest absolute Gasteiger partial charge is 0.463 e. The van der Waals surface area contributed by atoms with Gasteiger partial charge in [0, 0.05) is 36.6 Å². The van der Waals surface area contributed by atoms with Crippen LogP contribution in [-0.4, -0.2) is 46.9 Å². The summed E-state index contributed by atoms with van der Waals surface area (Å²) in [5, 5.41) is 3.99. The molecular formula is C19H17Cl2N3O2S. The number of furan rings is 1. The van der Waals surface area contributed by atoms with Crippen LogP contribution in [0, 0.1) is 0 Å². The van der Waals surface area contributed by atoms with Gasteiger partial charge in [-0.15, -0.1) is 11.3 Å². The molecule has 1 saturated heterocycles. The summed E-state index contributed by atoms with van der Waals surface area (Å²) in [6, 6.07) is 8.74. The maximum absolute atomic E-state index is 12.7. The highest BCUT2D eigenvalue weighted by molar-refractivity contribution is 7.09. The summed E-state index contributed by atoms with van der Waals surface area (Å²) < 4.78 is 5.39. The van der Waals surface area contributed by atoms with Crippen molar-refractivity contribution in [2.45, 2.75) is 6.54 Å². The van der Waals surface area contributed by atoms with Crippen LogP contribution in [-0.2, 0) is 6.54 Å². The molecule has 0 unspecified atom stereocenters. The molecule has 1 aromatic carbocycles. The Balaban J connectivity index is 1.35. The van der Waals surface area contributed by atoms with Crippen LogP contribution in [0.4, 0.5) is 0 Å². The highest BCUT2D eigenvalue weighted by Crippen LogP contribution is 2.25. The third-order valence-electron chi connectivity index (χ3n) is 4.50. The van der Waals surface area contributed by atoms with Gasteiger partial charge in [0.25, 0.3) is 5.91 Å². The van der Waals surface area contributed by atoms with Gasteiger partial charge in [0.1, 0.15) is 10.7 Å². The molecule has 0 saturated carbocycles. The number of piperazine rings is 1. The molecule has 140 valence electrons. The second-order valence-electron chi connectivity index (χ2n) is 6.30. The van der Waals surface area contributed by atoms with E-state index in [1.165, 1.54) is 0 Å². The maximum Gasteiger partial charge on any atom is 0.255 e. The highest BCUT2D eigenvalue weighted by Gasteiger charge is 2.24. The van der Waals surface area contributed by atoms with Crippen LogP contribution in [0.1, 0.15) is 15.4 Å². The summed E-state index contributed by atoms with van der Waals surface area (Å²) in [5.41, 5.74) is 1.32. The highest BCUT2D eigenvalue weighted by atomic mass is 35.5. The van der Waals surface area contributed by atoms with Crippen molar-refractivity contribution in [1.82, 2.24) is 14.8 Å². The standard InChI is InChI=1S/C19H17Cl2N3O2S/c20-13-3-4-15(21)14(10-13)19(25)24-7-5-23(6-8-24)11-18-22-16(12-27-18)17-2-1-9-26-17/h1-4,9-10,12H,5-8,11H2. The average molecular weight is 422 g/mol. The van der Waals surface area contributed by atoms with E-state index in [-0.39, 0.29) is 5.91 Å². The van der Waals surface area contributed by atoms with Gasteiger partial charge in [-0.25, -0.2) is 4.98 Å². The third-order valence-corrected chi connectivity index (χ3v) is 5.90. The van der Waals surface area contributed by atoms with Crippen molar-refractivity contribution in [3.63, 3.8) is 0 Å². The summed E-state index contributed by atoms with van der Waals surface area (Å²) in [6.07, 6.45) is 1.65. The van der Waals surface area contributed by atoms with E-state index in [4.69, 9.17) is 27.6 Å². The number of nitrogens with zero attached hydrogens (tertiary/aromatic N) is 3. The van der Waals surface area contributed by atoms with E-state index in [0.29, 0.717) is 28.7 Å². The zero-order valence-corrected chi connectivity index (χ0v) is 16.7. The quantitative estimate of drug-likeness (QED) is 0.613. The van der Waals surface area contributed by atoms with Gasteiger partial charge in [-0.1, -0.05) is 23.2 Å². The zero-order valence-electron chi connectivity index (χ0n) is 14.4. The van der Waals surface area contributed by atoms with Crippen LogP contribution in [0.5, 0.6) is 0 Å². The molecular weight excluding hydrogens is 405 g/mol. The van der Waals surface area contributed by atoms with Crippen LogP contribution in [0.3, 0.4) is 0 Å². The molecule has 8 heteroatoms.